The van der Waals surface area contributed by atoms with Crippen molar-refractivity contribution in [2.75, 3.05) is 112 Å². The molecule has 1 heterocycles. The summed E-state index contributed by atoms with van der Waals surface area (Å²) in [6.45, 7) is 11.5. The highest BCUT2D eigenvalue weighted by Gasteiger charge is 2.22. The molecule has 0 atom stereocenters. The number of imide groups is 1. The molecule has 0 unspecified atom stereocenters. The number of nitrogens with zero attached hydrogens (tertiary/aromatic N) is 1. The van der Waals surface area contributed by atoms with Gasteiger partial charge in [-0.1, -0.05) is 6.08 Å². The van der Waals surface area contributed by atoms with Crippen LogP contribution in [0.2, 0.25) is 0 Å². The molecular formula is C23H39NO10. The number of amides is 2. The summed E-state index contributed by atoms with van der Waals surface area (Å²) in [5.74, 6) is -0.605. The summed E-state index contributed by atoms with van der Waals surface area (Å²) in [4.78, 5) is 23.8. The Hall–Kier alpha value is -1.70. The van der Waals surface area contributed by atoms with Gasteiger partial charge in [-0.15, -0.1) is 6.58 Å². The molecule has 0 radical (unpaired) electrons. The second kappa shape index (κ2) is 23.1. The smallest absolute Gasteiger partial charge is 0.253 e. The maximum absolute atomic E-state index is 11.3. The van der Waals surface area contributed by atoms with E-state index in [1.165, 1.54) is 12.2 Å². The SMILES string of the molecule is C=CCOCCOCCOCCOCCOCCOCCOCCOCCN1C(=O)C=CC1=O. The van der Waals surface area contributed by atoms with E-state index >= 15 is 0 Å². The Morgan fingerprint density at radius 2 is 0.824 bits per heavy atom. The van der Waals surface area contributed by atoms with Crippen molar-refractivity contribution in [3.05, 3.63) is 24.8 Å². The predicted octanol–water partition coefficient (Wildman–Crippen LogP) is 0.230. The van der Waals surface area contributed by atoms with Crippen LogP contribution in [0.3, 0.4) is 0 Å². The van der Waals surface area contributed by atoms with Gasteiger partial charge in [0.05, 0.1) is 112 Å². The van der Waals surface area contributed by atoms with Crippen molar-refractivity contribution in [1.82, 2.24) is 4.90 Å². The van der Waals surface area contributed by atoms with Crippen LogP contribution in [0.15, 0.2) is 24.8 Å². The van der Waals surface area contributed by atoms with E-state index in [9.17, 15) is 9.59 Å². The number of carbonyl (C=O) groups is 2. The molecule has 0 N–H and O–H groups in total. The molecule has 0 saturated heterocycles. The van der Waals surface area contributed by atoms with Crippen molar-refractivity contribution >= 4 is 11.8 Å². The number of ether oxygens (including phenoxy) is 8. The monoisotopic (exact) mass is 489 g/mol. The van der Waals surface area contributed by atoms with Gasteiger partial charge in [0.25, 0.3) is 11.8 Å². The molecule has 0 bridgehead atoms. The van der Waals surface area contributed by atoms with Crippen LogP contribution >= 0.6 is 0 Å². The van der Waals surface area contributed by atoms with Crippen LogP contribution in [0.25, 0.3) is 0 Å². The van der Waals surface area contributed by atoms with Gasteiger partial charge in [-0.05, 0) is 0 Å². The van der Waals surface area contributed by atoms with Crippen LogP contribution in [0, 0.1) is 0 Å². The fourth-order valence-corrected chi connectivity index (χ4v) is 2.51. The molecule has 1 aliphatic rings. The second-order valence-electron chi connectivity index (χ2n) is 6.81. The minimum atomic E-state index is -0.303. The Bertz CT molecular complexity index is 540. The van der Waals surface area contributed by atoms with Crippen LogP contribution < -0.4 is 0 Å². The van der Waals surface area contributed by atoms with Crippen LogP contribution in [-0.2, 0) is 47.5 Å². The molecule has 0 aromatic carbocycles. The summed E-state index contributed by atoms with van der Waals surface area (Å²) in [5.41, 5.74) is 0. The van der Waals surface area contributed by atoms with Gasteiger partial charge in [-0.25, -0.2) is 0 Å². The van der Waals surface area contributed by atoms with E-state index in [1.807, 2.05) is 0 Å². The molecule has 11 nitrogen and oxygen atoms in total. The van der Waals surface area contributed by atoms with E-state index in [1.54, 1.807) is 6.08 Å². The largest absolute Gasteiger partial charge is 0.377 e. The fraction of sp³-hybridized carbons (Fsp3) is 0.739. The van der Waals surface area contributed by atoms with E-state index in [4.69, 9.17) is 37.9 Å². The maximum Gasteiger partial charge on any atom is 0.253 e. The first kappa shape index (κ1) is 30.3. The van der Waals surface area contributed by atoms with E-state index < -0.39 is 0 Å². The van der Waals surface area contributed by atoms with Crippen molar-refractivity contribution in [1.29, 1.82) is 0 Å². The lowest BCUT2D eigenvalue weighted by Crippen LogP contribution is -2.33. The standard InChI is InChI=1S/C23H39NO10/c1-2-6-27-8-10-29-12-14-31-16-18-33-20-21-34-19-17-32-15-13-30-11-9-28-7-5-24-22(25)3-4-23(24)26/h2-4H,1,5-21H2. The third-order valence-electron chi connectivity index (χ3n) is 4.20. The topological polar surface area (TPSA) is 111 Å². The average molecular weight is 490 g/mol. The highest BCUT2D eigenvalue weighted by molar-refractivity contribution is 6.12. The highest BCUT2D eigenvalue weighted by atomic mass is 16.6. The quantitative estimate of drug-likeness (QED) is 0.0951. The number of hydrogen-bond acceptors (Lipinski definition) is 10. The van der Waals surface area contributed by atoms with Crippen LogP contribution in [0.5, 0.6) is 0 Å². The Labute approximate surface area is 201 Å². The summed E-state index contributed by atoms with van der Waals surface area (Å²) in [7, 11) is 0. The molecule has 34 heavy (non-hydrogen) atoms. The third-order valence-corrected chi connectivity index (χ3v) is 4.20. The number of carbonyl (C=O) groups excluding carboxylic acids is 2. The zero-order chi connectivity index (χ0) is 24.5. The summed E-state index contributed by atoms with van der Waals surface area (Å²) < 4.78 is 42.9. The van der Waals surface area contributed by atoms with Crippen molar-refractivity contribution < 1.29 is 47.5 Å². The summed E-state index contributed by atoms with van der Waals surface area (Å²) >= 11 is 0. The van der Waals surface area contributed by atoms with E-state index in [0.717, 1.165) is 4.90 Å². The molecule has 11 heteroatoms. The van der Waals surface area contributed by atoms with Crippen molar-refractivity contribution in [3.8, 4) is 0 Å². The molecule has 2 amide bonds. The van der Waals surface area contributed by atoms with E-state index in [-0.39, 0.29) is 25.0 Å². The van der Waals surface area contributed by atoms with Crippen LogP contribution in [0.4, 0.5) is 0 Å². The minimum absolute atomic E-state index is 0.246. The van der Waals surface area contributed by atoms with Crippen molar-refractivity contribution in [2.24, 2.45) is 0 Å². The highest BCUT2D eigenvalue weighted by Crippen LogP contribution is 2.02. The van der Waals surface area contributed by atoms with Crippen LogP contribution in [0.1, 0.15) is 0 Å². The fourth-order valence-electron chi connectivity index (χ4n) is 2.51. The molecular weight excluding hydrogens is 450 g/mol. The maximum atomic E-state index is 11.3. The average Bonchev–Trinajstić information content (AvgIpc) is 3.16. The lowest BCUT2D eigenvalue weighted by Gasteiger charge is -2.13. The first-order valence-electron chi connectivity index (χ1n) is 11.5. The summed E-state index contributed by atoms with van der Waals surface area (Å²) in [5, 5.41) is 0. The molecule has 0 aromatic heterocycles. The minimum Gasteiger partial charge on any atom is -0.377 e. The molecule has 0 aliphatic carbocycles. The van der Waals surface area contributed by atoms with Crippen molar-refractivity contribution in [3.63, 3.8) is 0 Å². The van der Waals surface area contributed by atoms with Gasteiger partial charge in [-0.2, -0.15) is 0 Å². The Morgan fingerprint density at radius 1 is 0.529 bits per heavy atom. The summed E-state index contributed by atoms with van der Waals surface area (Å²) in [6.07, 6.45) is 4.21. The van der Waals surface area contributed by atoms with Crippen LogP contribution in [-0.4, -0.2) is 129 Å². The van der Waals surface area contributed by atoms with Crippen molar-refractivity contribution in [2.45, 2.75) is 0 Å². The zero-order valence-electron chi connectivity index (χ0n) is 20.0. The van der Waals surface area contributed by atoms with Gasteiger partial charge in [0.2, 0.25) is 0 Å². The summed E-state index contributed by atoms with van der Waals surface area (Å²) in [6, 6.07) is 0. The molecule has 1 aliphatic heterocycles. The third kappa shape index (κ3) is 17.7. The molecule has 0 fully saturated rings. The first-order valence-corrected chi connectivity index (χ1v) is 11.5. The number of rotatable bonds is 26. The van der Waals surface area contributed by atoms with Gasteiger partial charge < -0.3 is 37.9 Å². The zero-order valence-corrected chi connectivity index (χ0v) is 20.0. The molecule has 196 valence electrons. The van der Waals surface area contributed by atoms with Gasteiger partial charge in [-0.3, -0.25) is 14.5 Å². The van der Waals surface area contributed by atoms with E-state index in [0.29, 0.717) is 99.1 Å². The molecule has 0 aromatic rings. The second-order valence-corrected chi connectivity index (χ2v) is 6.81. The molecule has 1 rings (SSSR count). The Morgan fingerprint density at radius 3 is 1.15 bits per heavy atom. The Kier molecular flexibility index (Phi) is 20.6. The lowest BCUT2D eigenvalue weighted by atomic mass is 10.5. The molecule has 0 saturated carbocycles. The normalized spacial score (nSPS) is 13.4. The molecule has 0 spiro atoms. The first-order chi connectivity index (χ1) is 16.8. The lowest BCUT2D eigenvalue weighted by molar-refractivity contribution is -0.137. The van der Waals surface area contributed by atoms with Gasteiger partial charge in [0, 0.05) is 12.2 Å². The van der Waals surface area contributed by atoms with Gasteiger partial charge in [0.15, 0.2) is 0 Å². The number of hydrogen-bond donors (Lipinski definition) is 0. The predicted molar refractivity (Wildman–Crippen MR) is 123 cm³/mol. The van der Waals surface area contributed by atoms with E-state index in [2.05, 4.69) is 6.58 Å². The van der Waals surface area contributed by atoms with Gasteiger partial charge >= 0.3 is 0 Å². The Balaban J connectivity index is 1.66. The van der Waals surface area contributed by atoms with Gasteiger partial charge in [0.1, 0.15) is 0 Å².